The topological polar surface area (TPSA) is 172 Å². The van der Waals surface area contributed by atoms with Gasteiger partial charge < -0.3 is 35.9 Å². The van der Waals surface area contributed by atoms with E-state index in [1.165, 1.54) is 11.2 Å². The highest BCUT2D eigenvalue weighted by atomic mass is 16.4. The number of benzene rings is 1. The SMILES string of the molecule is O=C(O)C(Cc1c[nH]c2ccccc12)NC(=O)C1CCCN1C(=O)C(Cc1cnc[nH]1)NC(=O)C1CCCN1. The van der Waals surface area contributed by atoms with E-state index in [1.54, 1.807) is 12.4 Å². The Balaban J connectivity index is 1.29. The summed E-state index contributed by atoms with van der Waals surface area (Å²) in [6.45, 7) is 1.09. The molecule has 0 saturated carbocycles. The van der Waals surface area contributed by atoms with Gasteiger partial charge in [-0.3, -0.25) is 14.4 Å². The summed E-state index contributed by atoms with van der Waals surface area (Å²) < 4.78 is 0. The molecule has 4 heterocycles. The number of hydrogen-bond donors (Lipinski definition) is 6. The molecule has 12 heteroatoms. The molecule has 1 aromatic carbocycles. The molecule has 3 aromatic rings. The molecule has 3 amide bonds. The van der Waals surface area contributed by atoms with Gasteiger partial charge in [0, 0.05) is 48.4 Å². The molecule has 2 saturated heterocycles. The third-order valence-electron chi connectivity index (χ3n) is 7.52. The van der Waals surface area contributed by atoms with Crippen LogP contribution in [0.5, 0.6) is 0 Å². The van der Waals surface area contributed by atoms with E-state index < -0.39 is 30.0 Å². The average molecular weight is 536 g/mol. The van der Waals surface area contributed by atoms with Gasteiger partial charge in [-0.25, -0.2) is 9.78 Å². The lowest BCUT2D eigenvalue weighted by Crippen LogP contribution is -2.57. The molecule has 5 rings (SSSR count). The number of aromatic nitrogens is 3. The van der Waals surface area contributed by atoms with E-state index >= 15 is 0 Å². The largest absolute Gasteiger partial charge is 0.480 e. The molecular formula is C27H33N7O5. The van der Waals surface area contributed by atoms with Crippen LogP contribution in [-0.2, 0) is 32.0 Å². The predicted octanol–water partition coefficient (Wildman–Crippen LogP) is 0.473. The van der Waals surface area contributed by atoms with Crippen LogP contribution >= 0.6 is 0 Å². The molecule has 2 aliphatic rings. The summed E-state index contributed by atoms with van der Waals surface area (Å²) in [5.74, 6) is -2.30. The van der Waals surface area contributed by atoms with Gasteiger partial charge in [-0.2, -0.15) is 0 Å². The summed E-state index contributed by atoms with van der Waals surface area (Å²) in [6, 6.07) is 4.31. The molecule has 6 N–H and O–H groups in total. The molecule has 2 aliphatic heterocycles. The van der Waals surface area contributed by atoms with Crippen molar-refractivity contribution in [1.29, 1.82) is 0 Å². The van der Waals surface area contributed by atoms with Gasteiger partial charge in [0.05, 0.1) is 12.4 Å². The van der Waals surface area contributed by atoms with E-state index in [2.05, 4.69) is 30.9 Å². The van der Waals surface area contributed by atoms with Crippen molar-refractivity contribution in [3.8, 4) is 0 Å². The Kier molecular flexibility index (Phi) is 7.92. The number of amides is 3. The van der Waals surface area contributed by atoms with Crippen LogP contribution in [0.4, 0.5) is 0 Å². The summed E-state index contributed by atoms with van der Waals surface area (Å²) in [5, 5.41) is 19.4. The third kappa shape index (κ3) is 5.95. The summed E-state index contributed by atoms with van der Waals surface area (Å²) in [6.07, 6.45) is 7.72. The second-order valence-corrected chi connectivity index (χ2v) is 10.1. The van der Waals surface area contributed by atoms with E-state index in [4.69, 9.17) is 0 Å². The zero-order chi connectivity index (χ0) is 27.4. The Hall–Kier alpha value is -4.19. The van der Waals surface area contributed by atoms with Crippen molar-refractivity contribution in [2.45, 2.75) is 62.7 Å². The fourth-order valence-electron chi connectivity index (χ4n) is 5.49. The molecule has 2 fully saturated rings. The first kappa shape index (κ1) is 26.4. The number of rotatable bonds is 10. The average Bonchev–Trinajstić information content (AvgIpc) is 3.74. The third-order valence-corrected chi connectivity index (χ3v) is 7.52. The maximum absolute atomic E-state index is 13.7. The van der Waals surface area contributed by atoms with Crippen molar-refractivity contribution in [3.63, 3.8) is 0 Å². The second kappa shape index (κ2) is 11.7. The van der Waals surface area contributed by atoms with Crippen LogP contribution in [0.2, 0.25) is 0 Å². The number of likely N-dealkylation sites (tertiary alicyclic amines) is 1. The first-order valence-corrected chi connectivity index (χ1v) is 13.3. The molecule has 4 unspecified atom stereocenters. The fourth-order valence-corrected chi connectivity index (χ4v) is 5.49. The molecule has 206 valence electrons. The van der Waals surface area contributed by atoms with E-state index in [0.29, 0.717) is 31.5 Å². The van der Waals surface area contributed by atoms with Gasteiger partial charge in [-0.05, 0) is 43.9 Å². The minimum Gasteiger partial charge on any atom is -0.480 e. The monoisotopic (exact) mass is 535 g/mol. The number of hydrogen-bond acceptors (Lipinski definition) is 6. The quantitative estimate of drug-likeness (QED) is 0.219. The van der Waals surface area contributed by atoms with Gasteiger partial charge >= 0.3 is 5.97 Å². The highest BCUT2D eigenvalue weighted by Gasteiger charge is 2.39. The number of carboxylic acids is 1. The van der Waals surface area contributed by atoms with E-state index in [9.17, 15) is 24.3 Å². The van der Waals surface area contributed by atoms with Crippen LogP contribution in [0.25, 0.3) is 10.9 Å². The van der Waals surface area contributed by atoms with Crippen LogP contribution < -0.4 is 16.0 Å². The van der Waals surface area contributed by atoms with Gasteiger partial charge in [-0.15, -0.1) is 0 Å². The van der Waals surface area contributed by atoms with Gasteiger partial charge in [0.1, 0.15) is 18.1 Å². The summed E-state index contributed by atoms with van der Waals surface area (Å²) in [4.78, 5) is 63.6. The zero-order valence-electron chi connectivity index (χ0n) is 21.5. The van der Waals surface area contributed by atoms with Crippen LogP contribution in [0, 0.1) is 0 Å². The lowest BCUT2D eigenvalue weighted by Gasteiger charge is -2.30. The number of para-hydroxylation sites is 1. The Labute approximate surface area is 224 Å². The second-order valence-electron chi connectivity index (χ2n) is 10.1. The van der Waals surface area contributed by atoms with E-state index in [0.717, 1.165) is 29.4 Å². The van der Waals surface area contributed by atoms with Gasteiger partial charge in [0.2, 0.25) is 17.7 Å². The van der Waals surface area contributed by atoms with Crippen LogP contribution in [0.1, 0.15) is 36.9 Å². The molecule has 0 radical (unpaired) electrons. The van der Waals surface area contributed by atoms with Gasteiger partial charge in [0.25, 0.3) is 0 Å². The summed E-state index contributed by atoms with van der Waals surface area (Å²) in [7, 11) is 0. The molecule has 12 nitrogen and oxygen atoms in total. The lowest BCUT2D eigenvalue weighted by molar-refractivity contribution is -0.144. The zero-order valence-corrected chi connectivity index (χ0v) is 21.5. The van der Waals surface area contributed by atoms with Crippen molar-refractivity contribution in [1.82, 2.24) is 35.8 Å². The van der Waals surface area contributed by atoms with E-state index in [-0.39, 0.29) is 30.7 Å². The number of carbonyl (C=O) groups is 4. The Morgan fingerprint density at radius 2 is 1.85 bits per heavy atom. The fraction of sp³-hybridized carbons (Fsp3) is 0.444. The number of imidazole rings is 1. The van der Waals surface area contributed by atoms with Crippen molar-refractivity contribution in [2.75, 3.05) is 13.1 Å². The molecule has 39 heavy (non-hydrogen) atoms. The van der Waals surface area contributed by atoms with Crippen molar-refractivity contribution >= 4 is 34.6 Å². The standard InChI is InChI=1S/C27H33N7O5/c35-24(20-7-3-9-29-20)32-21(12-17-14-28-15-31-17)26(37)34-10-4-8-23(34)25(36)33-22(27(38)39)11-16-13-30-19-6-2-1-5-18(16)19/h1-2,5-6,13-15,20-23,29-30H,3-4,7-12H2,(H,28,31)(H,32,35)(H,33,36)(H,38,39). The van der Waals surface area contributed by atoms with E-state index in [1.807, 2.05) is 24.3 Å². The number of carboxylic acid groups (broad SMARTS) is 1. The number of nitrogens with one attached hydrogen (secondary N) is 5. The number of aromatic amines is 2. The van der Waals surface area contributed by atoms with Crippen LogP contribution in [0.15, 0.2) is 43.0 Å². The summed E-state index contributed by atoms with van der Waals surface area (Å²) in [5.41, 5.74) is 2.34. The van der Waals surface area contributed by atoms with Crippen LogP contribution in [-0.4, -0.2) is 85.9 Å². The molecule has 2 aromatic heterocycles. The highest BCUT2D eigenvalue weighted by molar-refractivity contribution is 5.95. The predicted molar refractivity (Wildman–Crippen MR) is 142 cm³/mol. The smallest absolute Gasteiger partial charge is 0.326 e. The molecule has 0 aliphatic carbocycles. The maximum atomic E-state index is 13.7. The number of H-pyrrole nitrogens is 2. The van der Waals surface area contributed by atoms with Crippen molar-refractivity contribution in [3.05, 3.63) is 54.2 Å². The number of aliphatic carboxylic acids is 1. The van der Waals surface area contributed by atoms with Gasteiger partial charge in [-0.1, -0.05) is 18.2 Å². The maximum Gasteiger partial charge on any atom is 0.326 e. The highest BCUT2D eigenvalue weighted by Crippen LogP contribution is 2.22. The molecule has 0 bridgehead atoms. The minimum atomic E-state index is -1.16. The molecular weight excluding hydrogens is 502 g/mol. The minimum absolute atomic E-state index is 0.0959. The van der Waals surface area contributed by atoms with Crippen molar-refractivity contribution in [2.24, 2.45) is 0 Å². The first-order valence-electron chi connectivity index (χ1n) is 13.3. The van der Waals surface area contributed by atoms with Crippen molar-refractivity contribution < 1.29 is 24.3 Å². The number of carbonyl (C=O) groups excluding carboxylic acids is 3. The Bertz CT molecular complexity index is 1330. The number of fused-ring (bicyclic) bond motifs is 1. The Morgan fingerprint density at radius 1 is 1.03 bits per heavy atom. The summed E-state index contributed by atoms with van der Waals surface area (Å²) >= 11 is 0. The normalized spacial score (nSPS) is 20.6. The lowest BCUT2D eigenvalue weighted by atomic mass is 10.0. The molecule has 4 atom stereocenters. The first-order chi connectivity index (χ1) is 18.9. The molecule has 0 spiro atoms. The number of nitrogens with zero attached hydrogens (tertiary/aromatic N) is 2. The Morgan fingerprint density at radius 3 is 2.59 bits per heavy atom. The van der Waals surface area contributed by atoms with Crippen LogP contribution in [0.3, 0.4) is 0 Å². The van der Waals surface area contributed by atoms with Gasteiger partial charge in [0.15, 0.2) is 0 Å².